The Morgan fingerprint density at radius 1 is 1.06 bits per heavy atom. The number of halogens is 1. The molecule has 7 heteroatoms. The summed E-state index contributed by atoms with van der Waals surface area (Å²) >= 11 is 0. The van der Waals surface area contributed by atoms with Gasteiger partial charge in [0.1, 0.15) is 0 Å². The summed E-state index contributed by atoms with van der Waals surface area (Å²) in [6, 6.07) is 18.4. The fourth-order valence-electron chi connectivity index (χ4n) is 4.00. The summed E-state index contributed by atoms with van der Waals surface area (Å²) in [5.41, 5.74) is 3.16. The van der Waals surface area contributed by atoms with Gasteiger partial charge in [-0.25, -0.2) is 0 Å². The van der Waals surface area contributed by atoms with Crippen LogP contribution in [-0.2, 0) is 16.6 Å². The Kier molecular flexibility index (Phi) is 11.0. The van der Waals surface area contributed by atoms with E-state index in [0.717, 1.165) is 63.6 Å². The van der Waals surface area contributed by atoms with Gasteiger partial charge in [0.15, 0.2) is 5.96 Å². The van der Waals surface area contributed by atoms with Crippen molar-refractivity contribution in [2.24, 2.45) is 4.99 Å². The van der Waals surface area contributed by atoms with E-state index < -0.39 is 0 Å². The quantitative estimate of drug-likeness (QED) is 0.267. The molecule has 0 aliphatic carbocycles. The molecule has 0 radical (unpaired) electrons. The third-order valence-corrected chi connectivity index (χ3v) is 5.84. The molecule has 1 aliphatic heterocycles. The molecule has 32 heavy (non-hydrogen) atoms. The number of carbonyl (C=O) groups excluding carboxylic acids is 1. The first-order chi connectivity index (χ1) is 15.2. The molecule has 0 bridgehead atoms. The highest BCUT2D eigenvalue weighted by molar-refractivity contribution is 14.0. The third kappa shape index (κ3) is 7.20. The lowest BCUT2D eigenvalue weighted by Gasteiger charge is -2.36. The molecule has 0 saturated carbocycles. The van der Waals surface area contributed by atoms with E-state index in [4.69, 9.17) is 9.73 Å². The van der Waals surface area contributed by atoms with Gasteiger partial charge in [-0.05, 0) is 49.4 Å². The van der Waals surface area contributed by atoms with Crippen LogP contribution in [0.2, 0.25) is 0 Å². The lowest BCUT2D eigenvalue weighted by Crippen LogP contribution is -2.41. The lowest BCUT2D eigenvalue weighted by molar-refractivity contribution is 0.0531. The fraction of sp³-hybridized carbons (Fsp3) is 0.440. The topological polar surface area (TPSA) is 74.8 Å². The van der Waals surface area contributed by atoms with Crippen molar-refractivity contribution in [2.45, 2.75) is 31.6 Å². The largest absolute Gasteiger partial charge is 0.381 e. The highest BCUT2D eigenvalue weighted by atomic mass is 127. The van der Waals surface area contributed by atoms with Gasteiger partial charge in [-0.1, -0.05) is 42.5 Å². The van der Waals surface area contributed by atoms with Crippen LogP contribution in [-0.4, -0.2) is 51.8 Å². The van der Waals surface area contributed by atoms with Gasteiger partial charge in [0.05, 0.1) is 6.54 Å². The Morgan fingerprint density at radius 2 is 1.81 bits per heavy atom. The molecule has 0 unspecified atom stereocenters. The molecule has 1 heterocycles. The van der Waals surface area contributed by atoms with Crippen LogP contribution >= 0.6 is 24.0 Å². The van der Waals surface area contributed by atoms with E-state index in [1.165, 1.54) is 5.56 Å². The van der Waals surface area contributed by atoms with Crippen LogP contribution in [0.15, 0.2) is 59.6 Å². The van der Waals surface area contributed by atoms with Crippen molar-refractivity contribution in [3.05, 3.63) is 71.3 Å². The van der Waals surface area contributed by atoms with E-state index in [0.29, 0.717) is 5.56 Å². The van der Waals surface area contributed by atoms with Gasteiger partial charge in [0.2, 0.25) is 0 Å². The van der Waals surface area contributed by atoms with Crippen LogP contribution in [0.4, 0.5) is 0 Å². The first-order valence-electron chi connectivity index (χ1n) is 11.1. The molecule has 1 fully saturated rings. The molecular formula is C25H35IN4O2. The zero-order valence-electron chi connectivity index (χ0n) is 19.0. The predicted octanol–water partition coefficient (Wildman–Crippen LogP) is 3.51. The van der Waals surface area contributed by atoms with E-state index in [-0.39, 0.29) is 35.3 Å². The Hall–Kier alpha value is -2.13. The maximum atomic E-state index is 11.9. The van der Waals surface area contributed by atoms with Crippen molar-refractivity contribution < 1.29 is 9.53 Å². The lowest BCUT2D eigenvalue weighted by atomic mass is 9.74. The van der Waals surface area contributed by atoms with Crippen LogP contribution < -0.4 is 16.0 Å². The number of nitrogens with zero attached hydrogens (tertiary/aromatic N) is 1. The number of carbonyl (C=O) groups is 1. The average Bonchev–Trinajstić information content (AvgIpc) is 2.83. The zero-order valence-corrected chi connectivity index (χ0v) is 21.4. The molecule has 3 N–H and O–H groups in total. The van der Waals surface area contributed by atoms with Crippen LogP contribution in [0, 0.1) is 0 Å². The first-order valence-corrected chi connectivity index (χ1v) is 11.1. The Bertz CT molecular complexity index is 867. The molecular weight excluding hydrogens is 515 g/mol. The Labute approximate surface area is 208 Å². The molecule has 1 saturated heterocycles. The SMILES string of the molecule is CCNC(=NCC1(c2ccccc2)CCOCC1)NCCc1cccc(C(=O)NC)c1.I. The molecule has 0 aromatic heterocycles. The van der Waals surface area contributed by atoms with Crippen LogP contribution in [0.3, 0.4) is 0 Å². The number of hydrogen-bond donors (Lipinski definition) is 3. The van der Waals surface area contributed by atoms with Gasteiger partial charge in [-0.3, -0.25) is 9.79 Å². The van der Waals surface area contributed by atoms with Gasteiger partial charge in [0, 0.05) is 44.3 Å². The van der Waals surface area contributed by atoms with Crippen molar-refractivity contribution in [1.29, 1.82) is 0 Å². The molecule has 1 aliphatic rings. The summed E-state index contributed by atoms with van der Waals surface area (Å²) in [5, 5.41) is 9.48. The van der Waals surface area contributed by atoms with Crippen LogP contribution in [0.25, 0.3) is 0 Å². The number of guanidine groups is 1. The number of aliphatic imine (C=N–C) groups is 1. The third-order valence-electron chi connectivity index (χ3n) is 5.84. The minimum atomic E-state index is -0.0626. The van der Waals surface area contributed by atoms with Crippen molar-refractivity contribution in [1.82, 2.24) is 16.0 Å². The smallest absolute Gasteiger partial charge is 0.251 e. The molecule has 2 aromatic carbocycles. The molecule has 0 atom stereocenters. The van der Waals surface area contributed by atoms with E-state index in [2.05, 4.69) is 53.2 Å². The average molecular weight is 550 g/mol. The van der Waals surface area contributed by atoms with Gasteiger partial charge in [0.25, 0.3) is 5.91 Å². The summed E-state index contributed by atoms with van der Waals surface area (Å²) < 4.78 is 5.64. The van der Waals surface area contributed by atoms with Gasteiger partial charge in [-0.15, -0.1) is 24.0 Å². The highest BCUT2D eigenvalue weighted by Gasteiger charge is 2.34. The monoisotopic (exact) mass is 550 g/mol. The predicted molar refractivity (Wildman–Crippen MR) is 141 cm³/mol. The van der Waals surface area contributed by atoms with E-state index >= 15 is 0 Å². The Balaban J connectivity index is 0.00000363. The van der Waals surface area contributed by atoms with E-state index in [1.807, 2.05) is 24.3 Å². The fourth-order valence-corrected chi connectivity index (χ4v) is 4.00. The number of hydrogen-bond acceptors (Lipinski definition) is 3. The second kappa shape index (κ2) is 13.4. The first kappa shape index (κ1) is 26.1. The summed E-state index contributed by atoms with van der Waals surface area (Å²) in [4.78, 5) is 16.8. The second-order valence-corrected chi connectivity index (χ2v) is 7.91. The molecule has 2 aromatic rings. The van der Waals surface area contributed by atoms with E-state index in [1.54, 1.807) is 7.05 Å². The molecule has 1 amide bonds. The summed E-state index contributed by atoms with van der Waals surface area (Å²) in [6.07, 6.45) is 2.77. The summed E-state index contributed by atoms with van der Waals surface area (Å²) in [7, 11) is 1.65. The van der Waals surface area contributed by atoms with Crippen molar-refractivity contribution in [3.63, 3.8) is 0 Å². The summed E-state index contributed by atoms with van der Waals surface area (Å²) in [5.74, 6) is 0.763. The van der Waals surface area contributed by atoms with Gasteiger partial charge < -0.3 is 20.7 Å². The maximum Gasteiger partial charge on any atom is 0.251 e. The number of amides is 1. The van der Waals surface area contributed by atoms with E-state index in [9.17, 15) is 4.79 Å². The summed E-state index contributed by atoms with van der Waals surface area (Å²) in [6.45, 7) is 5.89. The molecule has 6 nitrogen and oxygen atoms in total. The van der Waals surface area contributed by atoms with Gasteiger partial charge >= 0.3 is 0 Å². The number of rotatable bonds is 8. The van der Waals surface area contributed by atoms with Crippen molar-refractivity contribution in [2.75, 3.05) is 39.9 Å². The molecule has 174 valence electrons. The maximum absolute atomic E-state index is 11.9. The minimum Gasteiger partial charge on any atom is -0.381 e. The normalized spacial score (nSPS) is 15.4. The van der Waals surface area contributed by atoms with Crippen molar-refractivity contribution >= 4 is 35.8 Å². The highest BCUT2D eigenvalue weighted by Crippen LogP contribution is 2.35. The minimum absolute atomic E-state index is 0. The van der Waals surface area contributed by atoms with Crippen LogP contribution in [0.1, 0.15) is 41.3 Å². The number of ether oxygens (including phenoxy) is 1. The van der Waals surface area contributed by atoms with Crippen LogP contribution in [0.5, 0.6) is 0 Å². The van der Waals surface area contributed by atoms with Crippen molar-refractivity contribution in [3.8, 4) is 0 Å². The Morgan fingerprint density at radius 3 is 2.50 bits per heavy atom. The zero-order chi connectivity index (χ0) is 21.9. The second-order valence-electron chi connectivity index (χ2n) is 7.91. The number of benzene rings is 2. The number of nitrogens with one attached hydrogen (secondary N) is 3. The molecule has 3 rings (SSSR count). The standard InChI is InChI=1S/C25H34N4O2.HI/c1-3-27-24(28-15-12-20-8-7-9-21(18-20)23(30)26-2)29-19-25(13-16-31-17-14-25)22-10-5-4-6-11-22;/h4-11,18H,3,12-17,19H2,1-2H3,(H,26,30)(H2,27,28,29);1H. The molecule has 0 spiro atoms. The van der Waals surface area contributed by atoms with Gasteiger partial charge in [-0.2, -0.15) is 0 Å².